The zero-order valence-electron chi connectivity index (χ0n) is 17.3. The molecule has 3 rings (SSSR count). The van der Waals surface area contributed by atoms with Gasteiger partial charge in [0.2, 0.25) is 0 Å². The third-order valence-corrected chi connectivity index (χ3v) is 5.95. The highest BCUT2D eigenvalue weighted by Crippen LogP contribution is 2.28. The minimum Gasteiger partial charge on any atom is -0.508 e. The third kappa shape index (κ3) is 4.68. The highest BCUT2D eigenvalue weighted by Gasteiger charge is 2.24. The summed E-state index contributed by atoms with van der Waals surface area (Å²) < 4.78 is 27.3. The Balaban J connectivity index is 2.04. The molecule has 0 aliphatic heterocycles. The molecule has 0 saturated carbocycles. The molecule has 0 radical (unpaired) electrons. The molecule has 0 aliphatic carbocycles. The minimum absolute atomic E-state index is 0.0658. The largest absolute Gasteiger partial charge is 0.508 e. The van der Waals surface area contributed by atoms with Gasteiger partial charge in [-0.3, -0.25) is 9.78 Å². The number of sulfonamides is 1. The van der Waals surface area contributed by atoms with E-state index in [1.165, 1.54) is 24.3 Å². The maximum absolute atomic E-state index is 12.9. The lowest BCUT2D eigenvalue weighted by Crippen LogP contribution is -2.31. The standard InChI is InChI=1S/C23H24N2O4S/c1-15-5-7-16(8-6-15)21-19(13-14-20(24-21)23(2,3)4)22(27)25-30(28,29)18-11-9-17(26)10-12-18/h5-14,26H,1-4H3,(H,25,27). The molecular formula is C23H24N2O4S. The molecule has 3 aromatic rings. The molecule has 0 saturated heterocycles. The van der Waals surface area contributed by atoms with E-state index in [1.807, 2.05) is 52.0 Å². The van der Waals surface area contributed by atoms with Crippen LogP contribution < -0.4 is 4.72 Å². The van der Waals surface area contributed by atoms with Crippen molar-refractivity contribution in [3.8, 4) is 17.0 Å². The van der Waals surface area contributed by atoms with Gasteiger partial charge in [-0.2, -0.15) is 0 Å². The molecule has 2 aromatic carbocycles. The van der Waals surface area contributed by atoms with Crippen LogP contribution in [0.4, 0.5) is 0 Å². The maximum Gasteiger partial charge on any atom is 0.267 e. The first-order valence-corrected chi connectivity index (χ1v) is 10.9. The van der Waals surface area contributed by atoms with Gasteiger partial charge < -0.3 is 5.11 Å². The quantitative estimate of drug-likeness (QED) is 0.655. The van der Waals surface area contributed by atoms with Gasteiger partial charge in [-0.05, 0) is 43.3 Å². The predicted molar refractivity (Wildman–Crippen MR) is 116 cm³/mol. The normalized spacial score (nSPS) is 11.9. The van der Waals surface area contributed by atoms with Gasteiger partial charge in [0.15, 0.2) is 0 Å². The summed E-state index contributed by atoms with van der Waals surface area (Å²) in [5.41, 5.74) is 2.91. The number of hydrogen-bond acceptors (Lipinski definition) is 5. The number of carbonyl (C=O) groups excluding carboxylic acids is 1. The van der Waals surface area contributed by atoms with Gasteiger partial charge in [0, 0.05) is 16.7 Å². The van der Waals surface area contributed by atoms with Crippen molar-refractivity contribution in [2.24, 2.45) is 0 Å². The van der Waals surface area contributed by atoms with Crippen molar-refractivity contribution < 1.29 is 18.3 Å². The summed E-state index contributed by atoms with van der Waals surface area (Å²) in [6, 6.07) is 15.8. The number of amides is 1. The summed E-state index contributed by atoms with van der Waals surface area (Å²) in [6.45, 7) is 8.01. The highest BCUT2D eigenvalue weighted by molar-refractivity contribution is 7.90. The number of carbonyl (C=O) groups is 1. The molecule has 6 nitrogen and oxygen atoms in total. The van der Waals surface area contributed by atoms with Gasteiger partial charge >= 0.3 is 0 Å². The van der Waals surface area contributed by atoms with E-state index in [0.717, 1.165) is 16.8 Å². The Labute approximate surface area is 176 Å². The van der Waals surface area contributed by atoms with E-state index in [0.29, 0.717) is 5.69 Å². The van der Waals surface area contributed by atoms with Gasteiger partial charge in [-0.1, -0.05) is 50.6 Å². The molecule has 1 aromatic heterocycles. The summed E-state index contributed by atoms with van der Waals surface area (Å²) >= 11 is 0. The molecule has 0 atom stereocenters. The predicted octanol–water partition coefficient (Wildman–Crippen LogP) is 4.18. The maximum atomic E-state index is 12.9. The van der Waals surface area contributed by atoms with Gasteiger partial charge in [-0.25, -0.2) is 13.1 Å². The van der Waals surface area contributed by atoms with Crippen LogP contribution in [0.25, 0.3) is 11.3 Å². The van der Waals surface area contributed by atoms with Crippen LogP contribution in [0.3, 0.4) is 0 Å². The summed E-state index contributed by atoms with van der Waals surface area (Å²) in [6.07, 6.45) is 0. The fourth-order valence-corrected chi connectivity index (χ4v) is 3.82. The number of nitrogens with one attached hydrogen (secondary N) is 1. The van der Waals surface area contributed by atoms with Crippen LogP contribution in [-0.4, -0.2) is 24.4 Å². The van der Waals surface area contributed by atoms with Gasteiger partial charge in [0.1, 0.15) is 5.75 Å². The number of aromatic nitrogens is 1. The summed E-state index contributed by atoms with van der Waals surface area (Å²) in [7, 11) is -4.11. The van der Waals surface area contributed by atoms with E-state index in [-0.39, 0.29) is 21.6 Å². The molecule has 156 valence electrons. The molecule has 1 amide bonds. The molecule has 0 fully saturated rings. The molecule has 7 heteroatoms. The van der Waals surface area contributed by atoms with Crippen molar-refractivity contribution in [2.75, 3.05) is 0 Å². The SMILES string of the molecule is Cc1ccc(-c2nc(C(C)(C)C)ccc2C(=O)NS(=O)(=O)c2ccc(O)cc2)cc1. The van der Waals surface area contributed by atoms with E-state index in [2.05, 4.69) is 4.72 Å². The number of aryl methyl sites for hydroxylation is 1. The molecule has 2 N–H and O–H groups in total. The molecule has 0 unspecified atom stereocenters. The molecular weight excluding hydrogens is 400 g/mol. The first-order chi connectivity index (χ1) is 14.0. The average Bonchev–Trinajstić information content (AvgIpc) is 2.67. The van der Waals surface area contributed by atoms with Crippen LogP contribution in [0.1, 0.15) is 42.4 Å². The van der Waals surface area contributed by atoms with E-state index >= 15 is 0 Å². The second-order valence-electron chi connectivity index (χ2n) is 8.14. The highest BCUT2D eigenvalue weighted by atomic mass is 32.2. The second kappa shape index (κ2) is 7.91. The Hall–Kier alpha value is -3.19. The summed E-state index contributed by atoms with van der Waals surface area (Å²) in [4.78, 5) is 17.5. The number of nitrogens with zero attached hydrogens (tertiary/aromatic N) is 1. The van der Waals surface area contributed by atoms with Gasteiger partial charge in [0.05, 0.1) is 16.2 Å². The van der Waals surface area contributed by atoms with E-state index in [4.69, 9.17) is 4.98 Å². The van der Waals surface area contributed by atoms with Crippen molar-refractivity contribution in [3.63, 3.8) is 0 Å². The molecule has 0 bridgehead atoms. The van der Waals surface area contributed by atoms with E-state index < -0.39 is 15.9 Å². The molecule has 0 aliphatic rings. The summed E-state index contributed by atoms with van der Waals surface area (Å²) in [5, 5.41) is 9.37. The van der Waals surface area contributed by atoms with Gasteiger partial charge in [0.25, 0.3) is 15.9 Å². The van der Waals surface area contributed by atoms with Crippen molar-refractivity contribution in [3.05, 3.63) is 77.5 Å². The molecule has 1 heterocycles. The first-order valence-electron chi connectivity index (χ1n) is 9.42. The lowest BCUT2D eigenvalue weighted by Gasteiger charge is -2.20. The number of rotatable bonds is 4. The monoisotopic (exact) mass is 424 g/mol. The third-order valence-electron chi connectivity index (χ3n) is 4.61. The Bertz CT molecular complexity index is 1180. The lowest BCUT2D eigenvalue weighted by atomic mass is 9.90. The van der Waals surface area contributed by atoms with Crippen LogP contribution in [0.2, 0.25) is 0 Å². The topological polar surface area (TPSA) is 96.4 Å². The number of aromatic hydroxyl groups is 1. The van der Waals surface area contributed by atoms with Crippen molar-refractivity contribution >= 4 is 15.9 Å². The van der Waals surface area contributed by atoms with Crippen molar-refractivity contribution in [1.29, 1.82) is 0 Å². The second-order valence-corrected chi connectivity index (χ2v) is 9.82. The zero-order chi connectivity index (χ0) is 22.1. The Kier molecular flexibility index (Phi) is 5.67. The number of benzene rings is 2. The van der Waals surface area contributed by atoms with E-state index in [1.54, 1.807) is 12.1 Å². The minimum atomic E-state index is -4.11. The van der Waals surface area contributed by atoms with E-state index in [9.17, 15) is 18.3 Å². The van der Waals surface area contributed by atoms with Crippen LogP contribution >= 0.6 is 0 Å². The van der Waals surface area contributed by atoms with Crippen LogP contribution in [0.15, 0.2) is 65.6 Å². The fraction of sp³-hybridized carbons (Fsp3) is 0.217. The molecule has 0 spiro atoms. The van der Waals surface area contributed by atoms with Crippen LogP contribution in [0.5, 0.6) is 5.75 Å². The van der Waals surface area contributed by atoms with Crippen molar-refractivity contribution in [2.45, 2.75) is 38.0 Å². The average molecular weight is 425 g/mol. The van der Waals surface area contributed by atoms with Crippen LogP contribution in [0, 0.1) is 6.92 Å². The van der Waals surface area contributed by atoms with Gasteiger partial charge in [-0.15, -0.1) is 0 Å². The Morgan fingerprint density at radius 1 is 0.933 bits per heavy atom. The smallest absolute Gasteiger partial charge is 0.267 e. The zero-order valence-corrected chi connectivity index (χ0v) is 18.1. The Morgan fingerprint density at radius 2 is 1.53 bits per heavy atom. The van der Waals surface area contributed by atoms with Crippen molar-refractivity contribution in [1.82, 2.24) is 9.71 Å². The first kappa shape index (κ1) is 21.5. The lowest BCUT2D eigenvalue weighted by molar-refractivity contribution is 0.0981. The number of phenols is 1. The fourth-order valence-electron chi connectivity index (χ4n) is 2.85. The number of phenolic OH excluding ortho intramolecular Hbond substituents is 1. The Morgan fingerprint density at radius 3 is 2.10 bits per heavy atom. The van der Waals surface area contributed by atoms with Crippen LogP contribution in [-0.2, 0) is 15.4 Å². The summed E-state index contributed by atoms with van der Waals surface area (Å²) in [5.74, 6) is -0.837. The number of pyridine rings is 1. The number of hydrogen-bond donors (Lipinski definition) is 2. The molecule has 30 heavy (non-hydrogen) atoms.